The van der Waals surface area contributed by atoms with Crippen LogP contribution in [0.5, 0.6) is 0 Å². The molecule has 0 aliphatic carbocycles. The second-order valence-corrected chi connectivity index (χ2v) is 5.92. The Balaban J connectivity index is 1.40. The summed E-state index contributed by atoms with van der Waals surface area (Å²) in [5.41, 5.74) is 0.950. The Morgan fingerprint density at radius 1 is 1.03 bits per heavy atom. The van der Waals surface area contributed by atoms with E-state index >= 15 is 0 Å². The highest BCUT2D eigenvalue weighted by molar-refractivity contribution is 5.95. The van der Waals surface area contributed by atoms with Gasteiger partial charge in [0.05, 0.1) is 13.0 Å². The van der Waals surface area contributed by atoms with Crippen molar-refractivity contribution in [1.29, 1.82) is 0 Å². The average molecular weight is 403 g/mol. The van der Waals surface area contributed by atoms with Gasteiger partial charge in [0, 0.05) is 17.1 Å². The summed E-state index contributed by atoms with van der Waals surface area (Å²) >= 11 is 0. The molecule has 2 aromatic carbocycles. The van der Waals surface area contributed by atoms with Crippen molar-refractivity contribution in [3.8, 4) is 0 Å². The van der Waals surface area contributed by atoms with E-state index in [0.717, 1.165) is 12.1 Å². The maximum absolute atomic E-state index is 13.1. The number of ether oxygens (including phenoxy) is 1. The smallest absolute Gasteiger partial charge is 0.312 e. The maximum Gasteiger partial charge on any atom is 0.312 e. The third-order valence-electron chi connectivity index (χ3n) is 3.78. The van der Waals surface area contributed by atoms with E-state index in [0.29, 0.717) is 16.7 Å². The van der Waals surface area contributed by atoms with Crippen molar-refractivity contribution in [2.24, 2.45) is 0 Å². The zero-order chi connectivity index (χ0) is 20.8. The fourth-order valence-electron chi connectivity index (χ4n) is 2.41. The molecule has 2 amide bonds. The van der Waals surface area contributed by atoms with Crippen molar-refractivity contribution in [2.45, 2.75) is 6.42 Å². The van der Waals surface area contributed by atoms with Gasteiger partial charge in [-0.2, -0.15) is 0 Å². The SMILES string of the molecule is O=C(COC(=O)Cc1noc2ccccc12)NCC(=O)Nc1ccc(F)c(F)c1. The van der Waals surface area contributed by atoms with E-state index in [1.54, 1.807) is 24.3 Å². The van der Waals surface area contributed by atoms with E-state index in [2.05, 4.69) is 15.8 Å². The Bertz CT molecular complexity index is 1070. The Morgan fingerprint density at radius 2 is 1.83 bits per heavy atom. The number of hydrogen-bond acceptors (Lipinski definition) is 6. The molecule has 1 heterocycles. The average Bonchev–Trinajstić information content (AvgIpc) is 3.10. The molecule has 3 aromatic rings. The van der Waals surface area contributed by atoms with Crippen molar-refractivity contribution in [3.05, 3.63) is 59.8 Å². The van der Waals surface area contributed by atoms with Gasteiger partial charge in [-0.25, -0.2) is 8.78 Å². The summed E-state index contributed by atoms with van der Waals surface area (Å²) in [4.78, 5) is 35.3. The van der Waals surface area contributed by atoms with Gasteiger partial charge >= 0.3 is 5.97 Å². The van der Waals surface area contributed by atoms with Gasteiger partial charge in [-0.3, -0.25) is 14.4 Å². The first-order chi connectivity index (χ1) is 13.9. The van der Waals surface area contributed by atoms with Gasteiger partial charge in [0.1, 0.15) is 5.69 Å². The van der Waals surface area contributed by atoms with Crippen LogP contribution >= 0.6 is 0 Å². The molecule has 0 bridgehead atoms. The molecular formula is C19H15F2N3O5. The number of benzene rings is 2. The lowest BCUT2D eigenvalue weighted by Crippen LogP contribution is -2.35. The molecule has 0 spiro atoms. The quantitative estimate of drug-likeness (QED) is 0.584. The highest BCUT2D eigenvalue weighted by Crippen LogP contribution is 2.18. The first kappa shape index (κ1) is 19.9. The molecule has 29 heavy (non-hydrogen) atoms. The minimum Gasteiger partial charge on any atom is -0.455 e. The van der Waals surface area contributed by atoms with Gasteiger partial charge < -0.3 is 19.9 Å². The van der Waals surface area contributed by atoms with E-state index in [-0.39, 0.29) is 12.1 Å². The Kier molecular flexibility index (Phi) is 6.12. The first-order valence-electron chi connectivity index (χ1n) is 8.43. The van der Waals surface area contributed by atoms with Gasteiger partial charge in [0.25, 0.3) is 5.91 Å². The summed E-state index contributed by atoms with van der Waals surface area (Å²) in [6, 6.07) is 9.83. The number of carbonyl (C=O) groups excluding carboxylic acids is 3. The lowest BCUT2D eigenvalue weighted by molar-refractivity contribution is -0.148. The third-order valence-corrected chi connectivity index (χ3v) is 3.78. The number of amides is 2. The van der Waals surface area contributed by atoms with E-state index in [9.17, 15) is 23.2 Å². The summed E-state index contributed by atoms with van der Waals surface area (Å²) < 4.78 is 35.9. The number of anilines is 1. The summed E-state index contributed by atoms with van der Waals surface area (Å²) in [7, 11) is 0. The lowest BCUT2D eigenvalue weighted by Gasteiger charge is -2.08. The van der Waals surface area contributed by atoms with E-state index < -0.39 is 42.6 Å². The van der Waals surface area contributed by atoms with Crippen LogP contribution in [0.3, 0.4) is 0 Å². The summed E-state index contributed by atoms with van der Waals surface area (Å²) in [5, 5.41) is 9.00. The van der Waals surface area contributed by atoms with Gasteiger partial charge in [0.15, 0.2) is 23.8 Å². The molecule has 150 valence electrons. The predicted molar refractivity (Wildman–Crippen MR) is 96.7 cm³/mol. The lowest BCUT2D eigenvalue weighted by atomic mass is 10.2. The minimum atomic E-state index is -1.11. The number of nitrogens with zero attached hydrogens (tertiary/aromatic N) is 1. The van der Waals surface area contributed by atoms with Crippen LogP contribution in [0, 0.1) is 11.6 Å². The van der Waals surface area contributed by atoms with Gasteiger partial charge in [-0.1, -0.05) is 17.3 Å². The second kappa shape index (κ2) is 8.91. The van der Waals surface area contributed by atoms with Gasteiger partial charge in [-0.15, -0.1) is 0 Å². The number of aromatic nitrogens is 1. The molecule has 3 rings (SSSR count). The summed E-state index contributed by atoms with van der Waals surface area (Å²) in [6.45, 7) is -1.03. The Morgan fingerprint density at radius 3 is 2.62 bits per heavy atom. The molecule has 1 aromatic heterocycles. The van der Waals surface area contributed by atoms with Crippen molar-refractivity contribution < 1.29 is 32.4 Å². The Hall–Kier alpha value is -3.82. The molecule has 2 N–H and O–H groups in total. The van der Waals surface area contributed by atoms with Crippen molar-refractivity contribution in [3.63, 3.8) is 0 Å². The third kappa shape index (κ3) is 5.34. The largest absolute Gasteiger partial charge is 0.455 e. The monoisotopic (exact) mass is 403 g/mol. The minimum absolute atomic E-state index is 0.0365. The van der Waals surface area contributed by atoms with E-state index in [4.69, 9.17) is 9.26 Å². The molecule has 0 saturated heterocycles. The maximum atomic E-state index is 13.1. The van der Waals surface area contributed by atoms with E-state index in [1.807, 2.05) is 0 Å². The number of halogens is 2. The molecule has 10 heteroatoms. The molecule has 0 aliphatic rings. The first-order valence-corrected chi connectivity index (χ1v) is 8.43. The molecule has 0 fully saturated rings. The Labute approximate surface area is 162 Å². The van der Waals surface area contributed by atoms with Crippen LogP contribution < -0.4 is 10.6 Å². The predicted octanol–water partition coefficient (Wildman–Crippen LogP) is 1.95. The molecule has 0 aliphatic heterocycles. The van der Waals surface area contributed by atoms with Crippen molar-refractivity contribution in [1.82, 2.24) is 10.5 Å². The number of para-hydroxylation sites is 1. The zero-order valence-electron chi connectivity index (χ0n) is 14.9. The molecule has 0 saturated carbocycles. The molecule has 0 radical (unpaired) electrons. The number of esters is 1. The summed E-state index contributed by atoms with van der Waals surface area (Å²) in [6.07, 6.45) is -0.180. The number of hydrogen-bond donors (Lipinski definition) is 2. The molecule has 0 unspecified atom stereocenters. The fourth-order valence-corrected chi connectivity index (χ4v) is 2.41. The normalized spacial score (nSPS) is 10.6. The van der Waals surface area contributed by atoms with Crippen LogP contribution in [0.2, 0.25) is 0 Å². The van der Waals surface area contributed by atoms with Crippen LogP contribution in [-0.4, -0.2) is 36.1 Å². The number of rotatable bonds is 7. The highest BCUT2D eigenvalue weighted by Gasteiger charge is 2.15. The van der Waals surface area contributed by atoms with Crippen molar-refractivity contribution in [2.75, 3.05) is 18.5 Å². The second-order valence-electron chi connectivity index (χ2n) is 5.92. The topological polar surface area (TPSA) is 111 Å². The summed E-state index contributed by atoms with van der Waals surface area (Å²) in [5.74, 6) is -4.21. The standard InChI is InChI=1S/C19H15F2N3O5/c20-13-6-5-11(7-14(13)21)23-17(25)9-22-18(26)10-28-19(27)8-15-12-3-1-2-4-16(12)29-24-15/h1-7H,8-10H2,(H,22,26)(H,23,25). The zero-order valence-corrected chi connectivity index (χ0v) is 14.9. The van der Waals surface area contributed by atoms with Crippen LogP contribution in [0.15, 0.2) is 47.0 Å². The molecule has 8 nitrogen and oxygen atoms in total. The molecular weight excluding hydrogens is 388 g/mol. The van der Waals surface area contributed by atoms with Crippen LogP contribution in [-0.2, 0) is 25.5 Å². The number of nitrogens with one attached hydrogen (secondary N) is 2. The van der Waals surface area contributed by atoms with Gasteiger partial charge in [0.2, 0.25) is 5.91 Å². The molecule has 0 atom stereocenters. The fraction of sp³-hybridized carbons (Fsp3) is 0.158. The van der Waals surface area contributed by atoms with Crippen molar-refractivity contribution >= 4 is 34.4 Å². The highest BCUT2D eigenvalue weighted by atomic mass is 19.2. The van der Waals surface area contributed by atoms with Crippen LogP contribution in [0.1, 0.15) is 5.69 Å². The number of carbonyl (C=O) groups is 3. The van der Waals surface area contributed by atoms with Crippen LogP contribution in [0.4, 0.5) is 14.5 Å². The van der Waals surface area contributed by atoms with Gasteiger partial charge in [-0.05, 0) is 24.3 Å². The number of fused-ring (bicyclic) bond motifs is 1. The van der Waals surface area contributed by atoms with E-state index in [1.165, 1.54) is 6.07 Å². The van der Waals surface area contributed by atoms with Crippen LogP contribution in [0.25, 0.3) is 11.0 Å².